The molecule has 3 fully saturated rings. The first-order valence-corrected chi connectivity index (χ1v) is 18.9. The molecule has 4 aliphatic rings. The van der Waals surface area contributed by atoms with Gasteiger partial charge in [-0.25, -0.2) is 9.78 Å². The van der Waals surface area contributed by atoms with Crippen LogP contribution in [0.3, 0.4) is 0 Å². The van der Waals surface area contributed by atoms with Gasteiger partial charge in [-0.2, -0.15) is 0 Å². The number of rotatable bonds is 7. The highest BCUT2D eigenvalue weighted by atomic mass is 31.2. The lowest BCUT2D eigenvalue weighted by molar-refractivity contribution is -0.141. The Bertz CT molecular complexity index is 1580. The van der Waals surface area contributed by atoms with Crippen LogP contribution in [0.2, 0.25) is 0 Å². The maximum atomic E-state index is 14.5. The average molecular weight is 683 g/mol. The summed E-state index contributed by atoms with van der Waals surface area (Å²) in [5.74, 6) is -1.16. The van der Waals surface area contributed by atoms with Crippen LogP contribution in [0.15, 0.2) is 43.1 Å². The van der Waals surface area contributed by atoms with Gasteiger partial charge in [0.2, 0.25) is 17.7 Å². The Kier molecular flexibility index (Phi) is 10.4. The van der Waals surface area contributed by atoms with Gasteiger partial charge in [-0.1, -0.05) is 37.5 Å². The van der Waals surface area contributed by atoms with Gasteiger partial charge in [-0.15, -0.1) is 6.58 Å². The number of aryl methyl sites for hydroxylation is 1. The molecule has 1 aromatic heterocycles. The molecule has 3 N–H and O–H groups in total. The molecule has 2 aliphatic heterocycles. The van der Waals surface area contributed by atoms with Crippen molar-refractivity contribution in [2.75, 3.05) is 19.8 Å². The molecule has 6 atom stereocenters. The normalized spacial score (nSPS) is 29.9. The monoisotopic (exact) mass is 682 g/mol. The van der Waals surface area contributed by atoms with Crippen molar-refractivity contribution in [2.24, 2.45) is 11.8 Å². The summed E-state index contributed by atoms with van der Waals surface area (Å²) in [5.41, 5.74) is 1.13. The molecule has 6 rings (SSSR count). The van der Waals surface area contributed by atoms with Gasteiger partial charge in [0.05, 0.1) is 19.8 Å². The van der Waals surface area contributed by atoms with E-state index in [1.807, 2.05) is 12.1 Å². The van der Waals surface area contributed by atoms with Crippen molar-refractivity contribution in [1.82, 2.24) is 20.5 Å². The van der Waals surface area contributed by atoms with Crippen LogP contribution in [0.5, 0.6) is 5.88 Å². The molecule has 3 amide bonds. The second-order valence-electron chi connectivity index (χ2n) is 13.5. The number of hydrogen-bond acceptors (Lipinski definition) is 8. The first-order valence-electron chi connectivity index (χ1n) is 17.4. The number of nitrogens with zero attached hydrogens (tertiary/aromatic N) is 2. The molecule has 12 nitrogen and oxygen atoms in total. The van der Waals surface area contributed by atoms with Crippen molar-refractivity contribution in [3.05, 3.63) is 48.7 Å². The second-order valence-corrected chi connectivity index (χ2v) is 15.6. The van der Waals surface area contributed by atoms with Gasteiger partial charge in [0.15, 0.2) is 0 Å². The maximum absolute atomic E-state index is 14.5. The number of carbonyl (C=O) groups is 3. The highest BCUT2D eigenvalue weighted by Crippen LogP contribution is 2.70. The largest absolute Gasteiger partial charge is 0.472 e. The van der Waals surface area contributed by atoms with Gasteiger partial charge < -0.3 is 34.4 Å². The van der Waals surface area contributed by atoms with Crippen molar-refractivity contribution in [1.29, 1.82) is 0 Å². The number of alkyl carbamates (subject to hydrolysis) is 1. The van der Waals surface area contributed by atoms with Crippen LogP contribution in [0.1, 0.15) is 76.7 Å². The molecule has 1 aromatic carbocycles. The van der Waals surface area contributed by atoms with Gasteiger partial charge in [-0.05, 0) is 80.9 Å². The van der Waals surface area contributed by atoms with E-state index in [0.29, 0.717) is 12.3 Å². The second kappa shape index (κ2) is 14.6. The Morgan fingerprint density at radius 2 is 2.00 bits per heavy atom. The number of fused-ring (bicyclic) bond motifs is 3. The van der Waals surface area contributed by atoms with Crippen LogP contribution in [-0.4, -0.2) is 75.9 Å². The van der Waals surface area contributed by atoms with Crippen LogP contribution in [0.4, 0.5) is 4.79 Å². The summed E-state index contributed by atoms with van der Waals surface area (Å²) < 4.78 is 30.6. The highest BCUT2D eigenvalue weighted by molar-refractivity contribution is 7.55. The van der Waals surface area contributed by atoms with E-state index in [2.05, 4.69) is 34.3 Å². The SMILES string of the molecule is C=CC1CC1(NC(=O)[C@@H]1C[C@@H]2CN1C(=O)[C@H](C1CCCCC1)NC(=O)OCCCCCc1ccc3ccnc(c3c1)O2)P(=O)(O)OCC. The number of aromatic nitrogens is 1. The molecule has 260 valence electrons. The minimum atomic E-state index is -4.29. The summed E-state index contributed by atoms with van der Waals surface area (Å²) in [5, 5.41) is 5.97. The predicted octanol–water partition coefficient (Wildman–Crippen LogP) is 5.22. The van der Waals surface area contributed by atoms with Gasteiger partial charge in [0.25, 0.3) is 0 Å². The molecule has 13 heteroatoms. The molecule has 3 heterocycles. The minimum absolute atomic E-state index is 0.0101. The molecular formula is C35H47N4O8P. The molecule has 4 bridgehead atoms. The van der Waals surface area contributed by atoms with E-state index in [0.717, 1.165) is 67.7 Å². The number of amides is 3. The van der Waals surface area contributed by atoms with Crippen LogP contribution in [-0.2, 0) is 29.8 Å². The Balaban J connectivity index is 1.35. The number of ether oxygens (including phenoxy) is 2. The van der Waals surface area contributed by atoms with Crippen molar-refractivity contribution in [2.45, 2.75) is 101 Å². The summed E-state index contributed by atoms with van der Waals surface area (Å²) in [6.45, 7) is 5.68. The van der Waals surface area contributed by atoms with Crippen molar-refractivity contribution >= 4 is 36.3 Å². The fourth-order valence-corrected chi connectivity index (χ4v) is 9.40. The third kappa shape index (κ3) is 7.12. The Morgan fingerprint density at radius 1 is 1.21 bits per heavy atom. The third-order valence-electron chi connectivity index (χ3n) is 10.3. The lowest BCUT2D eigenvalue weighted by atomic mass is 9.83. The summed E-state index contributed by atoms with van der Waals surface area (Å²) >= 11 is 0. The van der Waals surface area contributed by atoms with Crippen LogP contribution < -0.4 is 15.4 Å². The maximum Gasteiger partial charge on any atom is 0.407 e. The summed E-state index contributed by atoms with van der Waals surface area (Å²) in [6.07, 6.45) is 10.0. The average Bonchev–Trinajstić information content (AvgIpc) is 3.65. The Hall–Kier alpha value is -3.47. The first-order chi connectivity index (χ1) is 23.2. The smallest absolute Gasteiger partial charge is 0.407 e. The zero-order valence-corrected chi connectivity index (χ0v) is 28.5. The Labute approximate surface area is 281 Å². The van der Waals surface area contributed by atoms with Crippen molar-refractivity contribution < 1.29 is 37.8 Å². The molecule has 2 saturated carbocycles. The number of hydrogen-bond donors (Lipinski definition) is 3. The number of carbonyl (C=O) groups excluding carboxylic acids is 3. The lowest BCUT2D eigenvalue weighted by Crippen LogP contribution is -2.57. The van der Waals surface area contributed by atoms with E-state index in [9.17, 15) is 23.8 Å². The third-order valence-corrected chi connectivity index (χ3v) is 12.6. The predicted molar refractivity (Wildman–Crippen MR) is 179 cm³/mol. The van der Waals surface area contributed by atoms with Gasteiger partial charge in [-0.3, -0.25) is 14.2 Å². The minimum Gasteiger partial charge on any atom is -0.472 e. The first kappa shape index (κ1) is 34.4. The topological polar surface area (TPSA) is 156 Å². The molecular weight excluding hydrogens is 635 g/mol. The molecule has 3 unspecified atom stereocenters. The fourth-order valence-electron chi connectivity index (χ4n) is 7.62. The van der Waals surface area contributed by atoms with Crippen molar-refractivity contribution in [3.63, 3.8) is 0 Å². The summed E-state index contributed by atoms with van der Waals surface area (Å²) in [7, 11) is -4.29. The molecule has 2 aromatic rings. The zero-order valence-electron chi connectivity index (χ0n) is 27.6. The lowest BCUT2D eigenvalue weighted by Gasteiger charge is -2.35. The van der Waals surface area contributed by atoms with Gasteiger partial charge >= 0.3 is 13.7 Å². The quantitative estimate of drug-likeness (QED) is 0.263. The fraction of sp³-hybridized carbons (Fsp3) is 0.600. The van der Waals surface area contributed by atoms with E-state index in [1.165, 1.54) is 11.0 Å². The number of benzene rings is 1. The Morgan fingerprint density at radius 3 is 2.75 bits per heavy atom. The van der Waals surface area contributed by atoms with Crippen molar-refractivity contribution in [3.8, 4) is 5.88 Å². The van der Waals surface area contributed by atoms with E-state index in [-0.39, 0.29) is 38.5 Å². The number of cyclic esters (lactones) is 1. The zero-order chi connectivity index (χ0) is 33.9. The van der Waals surface area contributed by atoms with Crippen LogP contribution in [0.25, 0.3) is 10.8 Å². The van der Waals surface area contributed by atoms with Gasteiger partial charge in [0.1, 0.15) is 23.5 Å². The molecule has 2 aliphatic carbocycles. The van der Waals surface area contributed by atoms with Crippen LogP contribution >= 0.6 is 7.60 Å². The molecule has 1 saturated heterocycles. The highest BCUT2D eigenvalue weighted by Gasteiger charge is 2.67. The number of pyridine rings is 1. The van der Waals surface area contributed by atoms with Crippen LogP contribution in [0, 0.1) is 11.8 Å². The van der Waals surface area contributed by atoms with E-state index >= 15 is 0 Å². The summed E-state index contributed by atoms with van der Waals surface area (Å²) in [6, 6.07) is 6.19. The van der Waals surface area contributed by atoms with E-state index in [1.54, 1.807) is 13.1 Å². The van der Waals surface area contributed by atoms with Gasteiger partial charge in [0, 0.05) is 23.9 Å². The number of nitrogens with one attached hydrogen (secondary N) is 2. The molecule has 0 spiro atoms. The molecule has 48 heavy (non-hydrogen) atoms. The van der Waals surface area contributed by atoms with E-state index in [4.69, 9.17) is 14.0 Å². The molecule has 0 radical (unpaired) electrons. The summed E-state index contributed by atoms with van der Waals surface area (Å²) in [4.78, 5) is 58.7. The van der Waals surface area contributed by atoms with E-state index < -0.39 is 54.9 Å². The standard InChI is InChI=1S/C35H47N4O8P/c1-3-26-21-35(26,48(43,44)46-4-2)38-31(40)29-20-27-22-39(29)33(41)30(25-12-8-5-9-13-25)37-34(42)45-18-10-6-7-11-23-14-15-24-16-17-36-32(47-27)28(24)19-23/h3,14-17,19,25-27,29-30H,1,4-13,18,20-22H2,2H3,(H,37,42)(H,38,40)(H,43,44)/t26?,27-,29+,30+,35?/m1/s1.